The van der Waals surface area contributed by atoms with Crippen molar-refractivity contribution in [1.82, 2.24) is 0 Å². The number of rotatable bonds is 11. The Kier molecular flexibility index (Phi) is 11.2. The highest BCUT2D eigenvalue weighted by molar-refractivity contribution is 5.70. The molecule has 174 valence electrons. The molecule has 0 saturated carbocycles. The first-order valence-electron chi connectivity index (χ1n) is 9.58. The number of carbonyl (C=O) groups is 3. The highest BCUT2D eigenvalue weighted by Gasteiger charge is 2.50. The molecule has 1 saturated heterocycles. The van der Waals surface area contributed by atoms with Gasteiger partial charge in [-0.15, -0.1) is 0 Å². The van der Waals surface area contributed by atoms with Crippen LogP contribution in [0, 0.1) is 0 Å². The Morgan fingerprint density at radius 2 is 1.57 bits per heavy atom. The third-order valence-electron chi connectivity index (χ3n) is 4.24. The second-order valence-electron chi connectivity index (χ2n) is 6.60. The first-order chi connectivity index (χ1) is 14.1. The largest absolute Gasteiger partial charge is 0.463 e. The van der Waals surface area contributed by atoms with Gasteiger partial charge < -0.3 is 44.1 Å². The van der Waals surface area contributed by atoms with Gasteiger partial charge in [0.15, 0.2) is 18.5 Å². The van der Waals surface area contributed by atoms with E-state index in [1.165, 1.54) is 13.8 Å². The third-order valence-corrected chi connectivity index (χ3v) is 4.24. The topological polar surface area (TPSA) is 178 Å². The van der Waals surface area contributed by atoms with Crippen LogP contribution in [0.25, 0.3) is 0 Å². The number of aliphatic hydroxyl groups excluding tert-OH is 4. The van der Waals surface area contributed by atoms with Crippen molar-refractivity contribution in [3.8, 4) is 0 Å². The van der Waals surface area contributed by atoms with E-state index in [1.807, 2.05) is 0 Å². The molecule has 1 fully saturated rings. The molecule has 1 aliphatic rings. The second kappa shape index (κ2) is 12.8. The number of aliphatic hydroxyl groups is 4. The fourth-order valence-corrected chi connectivity index (χ4v) is 2.52. The summed E-state index contributed by atoms with van der Waals surface area (Å²) < 4.78 is 26.3. The van der Waals surface area contributed by atoms with Crippen molar-refractivity contribution in [3.05, 3.63) is 0 Å². The minimum atomic E-state index is -1.53. The minimum absolute atomic E-state index is 0.0277. The van der Waals surface area contributed by atoms with Gasteiger partial charge in [-0.2, -0.15) is 0 Å². The lowest BCUT2D eigenvalue weighted by Crippen LogP contribution is -2.62. The highest BCUT2D eigenvalue weighted by Crippen LogP contribution is 2.28. The molecule has 0 radical (unpaired) electrons. The summed E-state index contributed by atoms with van der Waals surface area (Å²) in [5, 5.41) is 38.8. The van der Waals surface area contributed by atoms with Gasteiger partial charge in [-0.25, -0.2) is 0 Å². The quantitative estimate of drug-likeness (QED) is 0.206. The van der Waals surface area contributed by atoms with E-state index in [0.717, 1.165) is 6.92 Å². The molecule has 4 N–H and O–H groups in total. The standard InChI is InChI=1S/C18H30O12/c1-4-13(23)29-16-15(25)12(8-26-9(3)20)28-18(17(16)30-14(24)5-2)27-7-11(22)10(21)6-19/h10-12,15-19,21-22,25H,4-8H2,1-3H3/t10-,11+,12-,15-,16+,17+,18-/m1/s1. The van der Waals surface area contributed by atoms with Crippen molar-refractivity contribution >= 4 is 17.9 Å². The smallest absolute Gasteiger partial charge is 0.306 e. The van der Waals surface area contributed by atoms with Crippen molar-refractivity contribution in [3.63, 3.8) is 0 Å². The lowest BCUT2D eigenvalue weighted by Gasteiger charge is -2.43. The zero-order valence-corrected chi connectivity index (χ0v) is 17.1. The summed E-state index contributed by atoms with van der Waals surface area (Å²) in [5.74, 6) is -2.04. The Labute approximate surface area is 173 Å². The lowest BCUT2D eigenvalue weighted by molar-refractivity contribution is -0.311. The van der Waals surface area contributed by atoms with Gasteiger partial charge in [0.2, 0.25) is 0 Å². The van der Waals surface area contributed by atoms with Gasteiger partial charge >= 0.3 is 17.9 Å². The summed E-state index contributed by atoms with van der Waals surface area (Å²) in [6.07, 6.45) is -10.1. The van der Waals surface area contributed by atoms with Crippen LogP contribution in [0.4, 0.5) is 0 Å². The van der Waals surface area contributed by atoms with Gasteiger partial charge in [0, 0.05) is 19.8 Å². The van der Waals surface area contributed by atoms with E-state index in [-0.39, 0.29) is 12.8 Å². The predicted molar refractivity (Wildman–Crippen MR) is 96.7 cm³/mol. The summed E-state index contributed by atoms with van der Waals surface area (Å²) in [7, 11) is 0. The molecule has 30 heavy (non-hydrogen) atoms. The molecule has 0 aromatic carbocycles. The third kappa shape index (κ3) is 7.78. The first kappa shape index (κ1) is 26.2. The molecule has 12 heteroatoms. The molecule has 1 rings (SSSR count). The maximum atomic E-state index is 11.9. The maximum Gasteiger partial charge on any atom is 0.306 e. The number of ether oxygens (including phenoxy) is 5. The monoisotopic (exact) mass is 438 g/mol. The molecule has 0 aromatic heterocycles. The van der Waals surface area contributed by atoms with Crippen molar-refractivity contribution in [1.29, 1.82) is 0 Å². The van der Waals surface area contributed by atoms with Crippen LogP contribution in [-0.2, 0) is 38.1 Å². The summed E-state index contributed by atoms with van der Waals surface area (Å²) in [6.45, 7) is 2.52. The lowest BCUT2D eigenvalue weighted by atomic mass is 9.98. The van der Waals surface area contributed by atoms with Gasteiger partial charge in [0.1, 0.15) is 31.0 Å². The summed E-state index contributed by atoms with van der Waals surface area (Å²) >= 11 is 0. The van der Waals surface area contributed by atoms with Crippen molar-refractivity contribution < 1.29 is 58.5 Å². The Balaban J connectivity index is 3.11. The Morgan fingerprint density at radius 3 is 2.07 bits per heavy atom. The molecule has 0 bridgehead atoms. The zero-order chi connectivity index (χ0) is 22.8. The minimum Gasteiger partial charge on any atom is -0.463 e. The van der Waals surface area contributed by atoms with Crippen LogP contribution in [0.15, 0.2) is 0 Å². The average Bonchev–Trinajstić information content (AvgIpc) is 2.73. The van der Waals surface area contributed by atoms with E-state index in [4.69, 9.17) is 28.8 Å². The molecular formula is C18H30O12. The fraction of sp³-hybridized carbons (Fsp3) is 0.833. The Morgan fingerprint density at radius 1 is 1.00 bits per heavy atom. The number of esters is 3. The van der Waals surface area contributed by atoms with Crippen molar-refractivity contribution in [2.75, 3.05) is 19.8 Å². The van der Waals surface area contributed by atoms with Gasteiger partial charge in [-0.3, -0.25) is 14.4 Å². The van der Waals surface area contributed by atoms with Crippen LogP contribution < -0.4 is 0 Å². The number of carbonyl (C=O) groups excluding carboxylic acids is 3. The van der Waals surface area contributed by atoms with Crippen molar-refractivity contribution in [2.45, 2.75) is 76.5 Å². The normalized spacial score (nSPS) is 28.3. The molecule has 0 aromatic rings. The molecule has 1 heterocycles. The fourth-order valence-electron chi connectivity index (χ4n) is 2.52. The van der Waals surface area contributed by atoms with Gasteiger partial charge in [-0.05, 0) is 0 Å². The van der Waals surface area contributed by atoms with Gasteiger partial charge in [0.25, 0.3) is 0 Å². The van der Waals surface area contributed by atoms with Crippen LogP contribution in [0.2, 0.25) is 0 Å². The van der Waals surface area contributed by atoms with E-state index in [2.05, 4.69) is 0 Å². The van der Waals surface area contributed by atoms with E-state index >= 15 is 0 Å². The summed E-state index contributed by atoms with van der Waals surface area (Å²) in [6, 6.07) is 0. The molecule has 0 aliphatic carbocycles. The van der Waals surface area contributed by atoms with E-state index in [9.17, 15) is 29.7 Å². The summed E-state index contributed by atoms with van der Waals surface area (Å²) in [4.78, 5) is 34.9. The Hall–Kier alpha value is -1.83. The van der Waals surface area contributed by atoms with Gasteiger partial charge in [-0.1, -0.05) is 13.8 Å². The first-order valence-corrected chi connectivity index (χ1v) is 9.58. The highest BCUT2D eigenvalue weighted by atomic mass is 16.7. The van der Waals surface area contributed by atoms with Crippen LogP contribution in [-0.4, -0.2) is 101 Å². The second-order valence-corrected chi connectivity index (χ2v) is 6.60. The molecule has 7 atom stereocenters. The average molecular weight is 438 g/mol. The SMILES string of the molecule is CCC(=O)O[C@@H]1[C@H](OC[C@H](O)[C@H](O)CO)O[C@H](COC(C)=O)[C@@H](O)[C@@H]1OC(=O)CC. The number of hydrogen-bond acceptors (Lipinski definition) is 12. The van der Waals surface area contributed by atoms with Crippen LogP contribution in [0.3, 0.4) is 0 Å². The molecule has 12 nitrogen and oxygen atoms in total. The molecule has 1 aliphatic heterocycles. The number of hydrogen-bond donors (Lipinski definition) is 4. The summed E-state index contributed by atoms with van der Waals surface area (Å²) in [5.41, 5.74) is 0. The van der Waals surface area contributed by atoms with Crippen LogP contribution in [0.5, 0.6) is 0 Å². The van der Waals surface area contributed by atoms with E-state index in [0.29, 0.717) is 0 Å². The van der Waals surface area contributed by atoms with E-state index < -0.39 is 80.6 Å². The predicted octanol–water partition coefficient (Wildman–Crippen LogP) is -1.99. The van der Waals surface area contributed by atoms with Crippen LogP contribution in [0.1, 0.15) is 33.6 Å². The Bertz CT molecular complexity index is 567. The molecule has 0 spiro atoms. The molecule has 0 amide bonds. The van der Waals surface area contributed by atoms with Crippen molar-refractivity contribution in [2.24, 2.45) is 0 Å². The van der Waals surface area contributed by atoms with Crippen LogP contribution >= 0.6 is 0 Å². The molecule has 0 unspecified atom stereocenters. The maximum absolute atomic E-state index is 11.9. The van der Waals surface area contributed by atoms with Gasteiger partial charge in [0.05, 0.1) is 13.2 Å². The molecular weight excluding hydrogens is 408 g/mol. The van der Waals surface area contributed by atoms with E-state index in [1.54, 1.807) is 0 Å². The zero-order valence-electron chi connectivity index (χ0n) is 17.1.